The first-order valence-electron chi connectivity index (χ1n) is 10.7. The predicted octanol–water partition coefficient (Wildman–Crippen LogP) is 3.35. The van der Waals surface area contributed by atoms with E-state index in [1.54, 1.807) is 17.9 Å². The normalized spacial score (nSPS) is 18.8. The largest absolute Gasteiger partial charge is 0.466 e. The number of amides is 1. The SMILES string of the molecule is CCOC(=O)C1(C/C=C/c2ccccc2)CCCN(C(=O)c2ccc3c(c2)no[n+]3[O-])C1. The average Bonchev–Trinajstić information content (AvgIpc) is 3.19. The van der Waals surface area contributed by atoms with Gasteiger partial charge in [0.2, 0.25) is 11.0 Å². The third-order valence-corrected chi connectivity index (χ3v) is 5.82. The number of nitrogens with zero attached hydrogens (tertiary/aromatic N) is 3. The molecule has 166 valence electrons. The van der Waals surface area contributed by atoms with Gasteiger partial charge >= 0.3 is 5.97 Å². The maximum absolute atomic E-state index is 13.2. The molecule has 0 spiro atoms. The Hall–Kier alpha value is -3.68. The first kappa shape index (κ1) is 21.5. The number of allylic oxidation sites excluding steroid dienone is 1. The lowest BCUT2D eigenvalue weighted by Crippen LogP contribution is -2.50. The van der Waals surface area contributed by atoms with Crippen LogP contribution in [0, 0.1) is 10.6 Å². The summed E-state index contributed by atoms with van der Waals surface area (Å²) >= 11 is 0. The van der Waals surface area contributed by atoms with Gasteiger partial charge in [-0.1, -0.05) is 42.5 Å². The molecule has 8 nitrogen and oxygen atoms in total. The second kappa shape index (κ2) is 9.21. The van der Waals surface area contributed by atoms with E-state index in [0.29, 0.717) is 41.8 Å². The fourth-order valence-corrected chi connectivity index (χ4v) is 4.18. The summed E-state index contributed by atoms with van der Waals surface area (Å²) in [6, 6.07) is 14.5. The number of carbonyl (C=O) groups excluding carboxylic acids is 2. The number of piperidine rings is 1. The van der Waals surface area contributed by atoms with Crippen molar-refractivity contribution in [3.63, 3.8) is 0 Å². The van der Waals surface area contributed by atoms with Gasteiger partial charge in [0, 0.05) is 29.9 Å². The molecule has 0 aliphatic carbocycles. The van der Waals surface area contributed by atoms with Gasteiger partial charge in [-0.25, -0.2) is 0 Å². The zero-order valence-corrected chi connectivity index (χ0v) is 17.9. The van der Waals surface area contributed by atoms with Crippen LogP contribution < -0.4 is 4.90 Å². The molecule has 3 aromatic rings. The zero-order valence-electron chi connectivity index (χ0n) is 17.9. The number of rotatable bonds is 6. The Labute approximate surface area is 185 Å². The lowest BCUT2D eigenvalue weighted by atomic mass is 9.76. The van der Waals surface area contributed by atoms with Gasteiger partial charge in [-0.2, -0.15) is 0 Å². The molecule has 32 heavy (non-hydrogen) atoms. The minimum absolute atomic E-state index is 0.215. The molecule has 1 amide bonds. The van der Waals surface area contributed by atoms with Crippen LogP contribution in [-0.4, -0.2) is 41.6 Å². The van der Waals surface area contributed by atoms with E-state index in [2.05, 4.69) is 9.79 Å². The van der Waals surface area contributed by atoms with Gasteiger partial charge in [0.1, 0.15) is 0 Å². The molecular formula is C24H25N3O5. The molecule has 1 aromatic heterocycles. The van der Waals surface area contributed by atoms with Gasteiger partial charge in [-0.05, 0) is 48.8 Å². The highest BCUT2D eigenvalue weighted by Crippen LogP contribution is 2.36. The Kier molecular flexibility index (Phi) is 6.20. The smallest absolute Gasteiger partial charge is 0.314 e. The van der Waals surface area contributed by atoms with Crippen LogP contribution >= 0.6 is 0 Å². The quantitative estimate of drug-likeness (QED) is 0.435. The number of carbonyl (C=O) groups is 2. The van der Waals surface area contributed by atoms with Crippen LogP contribution in [0.3, 0.4) is 0 Å². The number of esters is 1. The fourth-order valence-electron chi connectivity index (χ4n) is 4.18. The van der Waals surface area contributed by atoms with E-state index in [0.717, 1.165) is 5.56 Å². The molecule has 0 bridgehead atoms. The summed E-state index contributed by atoms with van der Waals surface area (Å²) in [5, 5.41) is 15.2. The highest BCUT2D eigenvalue weighted by atomic mass is 16.8. The molecule has 4 rings (SSSR count). The van der Waals surface area contributed by atoms with E-state index >= 15 is 0 Å². The number of likely N-dealkylation sites (tertiary alicyclic amines) is 1. The van der Waals surface area contributed by atoms with E-state index in [4.69, 9.17) is 4.74 Å². The molecule has 1 fully saturated rings. The van der Waals surface area contributed by atoms with E-state index in [1.165, 1.54) is 12.1 Å². The minimum atomic E-state index is -0.800. The van der Waals surface area contributed by atoms with Crippen molar-refractivity contribution in [1.82, 2.24) is 10.1 Å². The number of benzene rings is 2. The zero-order chi connectivity index (χ0) is 22.6. The van der Waals surface area contributed by atoms with Crippen molar-refractivity contribution in [3.05, 3.63) is 70.9 Å². The highest BCUT2D eigenvalue weighted by molar-refractivity contribution is 5.97. The molecule has 1 saturated heterocycles. The van der Waals surface area contributed by atoms with Crippen LogP contribution in [-0.2, 0) is 9.53 Å². The van der Waals surface area contributed by atoms with Crippen LogP contribution in [0.5, 0.6) is 0 Å². The summed E-state index contributed by atoms with van der Waals surface area (Å²) < 4.78 is 10.00. The maximum Gasteiger partial charge on any atom is 0.314 e. The van der Waals surface area contributed by atoms with Gasteiger partial charge < -0.3 is 14.8 Å². The van der Waals surface area contributed by atoms with Gasteiger partial charge in [-0.15, -0.1) is 0 Å². The summed E-state index contributed by atoms with van der Waals surface area (Å²) in [6.07, 6.45) is 5.78. The molecule has 1 aliphatic rings. The molecule has 2 aromatic carbocycles. The first-order valence-corrected chi connectivity index (χ1v) is 10.7. The number of hydrogen-bond donors (Lipinski definition) is 0. The van der Waals surface area contributed by atoms with Crippen LogP contribution in [0.4, 0.5) is 0 Å². The molecule has 0 saturated carbocycles. The van der Waals surface area contributed by atoms with Gasteiger partial charge in [0.05, 0.1) is 12.0 Å². The maximum atomic E-state index is 13.2. The number of ether oxygens (including phenoxy) is 1. The number of hydrogen-bond acceptors (Lipinski definition) is 6. The average molecular weight is 435 g/mol. The van der Waals surface area contributed by atoms with E-state index in [9.17, 15) is 14.8 Å². The summed E-state index contributed by atoms with van der Waals surface area (Å²) in [5.74, 6) is -0.498. The summed E-state index contributed by atoms with van der Waals surface area (Å²) in [4.78, 5) is 28.2. The first-order chi connectivity index (χ1) is 15.5. The van der Waals surface area contributed by atoms with Crippen molar-refractivity contribution >= 4 is 29.0 Å². The van der Waals surface area contributed by atoms with Crippen LogP contribution in [0.2, 0.25) is 0 Å². The highest BCUT2D eigenvalue weighted by Gasteiger charge is 2.44. The summed E-state index contributed by atoms with van der Waals surface area (Å²) in [6.45, 7) is 2.88. The molecule has 8 heteroatoms. The Balaban J connectivity index is 1.56. The van der Waals surface area contributed by atoms with Crippen molar-refractivity contribution < 1.29 is 23.9 Å². The Morgan fingerprint density at radius 2 is 2.09 bits per heavy atom. The fraction of sp³-hybridized carbons (Fsp3) is 0.333. The summed E-state index contributed by atoms with van der Waals surface area (Å²) in [7, 11) is 0. The number of aromatic nitrogens is 2. The molecule has 0 radical (unpaired) electrons. The molecule has 2 heterocycles. The third-order valence-electron chi connectivity index (χ3n) is 5.82. The topological polar surface area (TPSA) is 99.6 Å². The van der Waals surface area contributed by atoms with Crippen molar-refractivity contribution in [1.29, 1.82) is 0 Å². The standard InChI is InChI=1S/C24H25N3O5/c1-2-31-23(29)24(13-6-10-18-8-4-3-5-9-18)14-7-15-26(17-24)22(28)19-11-12-21-20(16-19)25-32-27(21)30/h3-6,8-12,16H,2,7,13-15,17H2,1H3/b10-6+. The van der Waals surface area contributed by atoms with Crippen LogP contribution in [0.1, 0.15) is 42.1 Å². The Bertz CT molecular complexity index is 1140. The van der Waals surface area contributed by atoms with Crippen LogP contribution in [0.15, 0.2) is 59.2 Å². The van der Waals surface area contributed by atoms with Crippen molar-refractivity contribution in [2.75, 3.05) is 19.7 Å². The van der Waals surface area contributed by atoms with Crippen molar-refractivity contribution in [2.45, 2.75) is 26.2 Å². The monoisotopic (exact) mass is 435 g/mol. The Morgan fingerprint density at radius 3 is 2.88 bits per heavy atom. The van der Waals surface area contributed by atoms with E-state index in [1.807, 2.05) is 42.5 Å². The molecule has 0 N–H and O–H groups in total. The van der Waals surface area contributed by atoms with Gasteiger partial charge in [0.25, 0.3) is 5.91 Å². The van der Waals surface area contributed by atoms with Gasteiger partial charge in [0.15, 0.2) is 0 Å². The minimum Gasteiger partial charge on any atom is -0.466 e. The van der Waals surface area contributed by atoms with Crippen molar-refractivity contribution in [3.8, 4) is 0 Å². The second-order valence-corrected chi connectivity index (χ2v) is 7.98. The second-order valence-electron chi connectivity index (χ2n) is 7.98. The molecule has 1 atom stereocenters. The number of fused-ring (bicyclic) bond motifs is 1. The predicted molar refractivity (Wildman–Crippen MR) is 117 cm³/mol. The van der Waals surface area contributed by atoms with Crippen LogP contribution in [0.25, 0.3) is 17.1 Å². The molecule has 1 unspecified atom stereocenters. The van der Waals surface area contributed by atoms with E-state index in [-0.39, 0.29) is 30.5 Å². The van der Waals surface area contributed by atoms with Gasteiger partial charge in [-0.3, -0.25) is 14.2 Å². The van der Waals surface area contributed by atoms with E-state index < -0.39 is 5.41 Å². The van der Waals surface area contributed by atoms with Crippen molar-refractivity contribution in [2.24, 2.45) is 5.41 Å². The molecule has 1 aliphatic heterocycles. The lowest BCUT2D eigenvalue weighted by molar-refractivity contribution is -0.782. The third kappa shape index (κ3) is 4.34. The molecular weight excluding hydrogens is 410 g/mol. The Morgan fingerprint density at radius 1 is 1.28 bits per heavy atom. The lowest BCUT2D eigenvalue weighted by Gasteiger charge is -2.40. The summed E-state index contributed by atoms with van der Waals surface area (Å²) in [5.41, 5.74) is 1.21.